The fourth-order valence-electron chi connectivity index (χ4n) is 2.99. The van der Waals surface area contributed by atoms with Crippen LogP contribution in [0.1, 0.15) is 5.56 Å². The quantitative estimate of drug-likeness (QED) is 0.467. The minimum Gasteiger partial charge on any atom is -0.337 e. The first-order valence-corrected chi connectivity index (χ1v) is 9.69. The summed E-state index contributed by atoms with van der Waals surface area (Å²) < 4.78 is 0. The highest BCUT2D eigenvalue weighted by molar-refractivity contribution is 7.98. The van der Waals surface area contributed by atoms with E-state index in [4.69, 9.17) is 4.98 Å². The zero-order valence-corrected chi connectivity index (χ0v) is 15.5. The van der Waals surface area contributed by atoms with Crippen LogP contribution in [0.3, 0.4) is 0 Å². The molecule has 0 atom stereocenters. The first-order valence-electron chi connectivity index (χ1n) is 8.46. The number of aromatic nitrogens is 3. The van der Waals surface area contributed by atoms with E-state index in [1.54, 1.807) is 11.8 Å². The molecule has 128 valence electrons. The van der Waals surface area contributed by atoms with Crippen LogP contribution in [0.2, 0.25) is 0 Å². The fourth-order valence-corrected chi connectivity index (χ4v) is 3.40. The lowest BCUT2D eigenvalue weighted by Gasteiger charge is -2.03. The predicted octanol–water partition coefficient (Wildman–Crippen LogP) is 5.84. The highest BCUT2D eigenvalue weighted by Gasteiger charge is 2.15. The molecule has 0 saturated heterocycles. The number of H-pyrrole nitrogens is 1. The molecule has 0 radical (unpaired) electrons. The molecule has 0 spiro atoms. The third kappa shape index (κ3) is 3.28. The highest BCUT2D eigenvalue weighted by atomic mass is 32.2. The number of benzene rings is 2. The summed E-state index contributed by atoms with van der Waals surface area (Å²) in [6, 6.07) is 20.9. The molecule has 0 fully saturated rings. The zero-order chi connectivity index (χ0) is 17.9. The van der Waals surface area contributed by atoms with Crippen molar-refractivity contribution in [2.45, 2.75) is 11.8 Å². The van der Waals surface area contributed by atoms with Crippen molar-refractivity contribution >= 4 is 11.8 Å². The van der Waals surface area contributed by atoms with E-state index in [2.05, 4.69) is 71.7 Å². The van der Waals surface area contributed by atoms with Gasteiger partial charge in [0.05, 0.1) is 11.4 Å². The summed E-state index contributed by atoms with van der Waals surface area (Å²) in [5.74, 6) is 0.876. The predicted molar refractivity (Wildman–Crippen MR) is 109 cm³/mol. The van der Waals surface area contributed by atoms with Gasteiger partial charge in [-0.1, -0.05) is 35.9 Å². The molecule has 2 aromatic heterocycles. The molecule has 0 aliphatic rings. The van der Waals surface area contributed by atoms with E-state index in [1.807, 2.05) is 24.5 Å². The van der Waals surface area contributed by atoms with Crippen LogP contribution >= 0.6 is 11.8 Å². The Labute approximate surface area is 157 Å². The van der Waals surface area contributed by atoms with Crippen molar-refractivity contribution < 1.29 is 0 Å². The molecule has 3 nitrogen and oxygen atoms in total. The smallest absolute Gasteiger partial charge is 0.138 e. The van der Waals surface area contributed by atoms with Gasteiger partial charge in [-0.2, -0.15) is 0 Å². The number of hydrogen-bond donors (Lipinski definition) is 1. The molecule has 0 aliphatic carbocycles. The van der Waals surface area contributed by atoms with Gasteiger partial charge in [-0.25, -0.2) is 4.98 Å². The van der Waals surface area contributed by atoms with Crippen LogP contribution in [-0.2, 0) is 0 Å². The van der Waals surface area contributed by atoms with Gasteiger partial charge < -0.3 is 4.98 Å². The summed E-state index contributed by atoms with van der Waals surface area (Å²) in [4.78, 5) is 13.8. The summed E-state index contributed by atoms with van der Waals surface area (Å²) in [5, 5.41) is 0. The molecule has 4 aromatic rings. The van der Waals surface area contributed by atoms with E-state index in [0.29, 0.717) is 0 Å². The van der Waals surface area contributed by atoms with Gasteiger partial charge in [-0.05, 0) is 43.5 Å². The van der Waals surface area contributed by atoms with Crippen LogP contribution in [-0.4, -0.2) is 21.2 Å². The van der Waals surface area contributed by atoms with Gasteiger partial charge in [0, 0.05) is 34.0 Å². The third-order valence-electron chi connectivity index (χ3n) is 4.33. The van der Waals surface area contributed by atoms with Crippen molar-refractivity contribution in [1.82, 2.24) is 15.0 Å². The molecule has 2 heterocycles. The minimum atomic E-state index is 0.876. The first-order chi connectivity index (χ1) is 12.7. The lowest BCUT2D eigenvalue weighted by Crippen LogP contribution is -1.85. The van der Waals surface area contributed by atoms with E-state index < -0.39 is 0 Å². The normalized spacial score (nSPS) is 10.8. The Bertz CT molecular complexity index is 1020. The zero-order valence-electron chi connectivity index (χ0n) is 14.7. The molecular weight excluding hydrogens is 338 g/mol. The largest absolute Gasteiger partial charge is 0.337 e. The van der Waals surface area contributed by atoms with Crippen molar-refractivity contribution in [2.75, 3.05) is 6.26 Å². The summed E-state index contributed by atoms with van der Waals surface area (Å²) in [6.07, 6.45) is 5.70. The van der Waals surface area contributed by atoms with Crippen LogP contribution in [0.25, 0.3) is 33.9 Å². The maximum Gasteiger partial charge on any atom is 0.138 e. The van der Waals surface area contributed by atoms with Crippen LogP contribution in [0.4, 0.5) is 0 Å². The van der Waals surface area contributed by atoms with Gasteiger partial charge in [-0.3, -0.25) is 4.98 Å². The Morgan fingerprint density at radius 2 is 1.62 bits per heavy atom. The van der Waals surface area contributed by atoms with Crippen molar-refractivity contribution in [3.05, 3.63) is 78.6 Å². The van der Waals surface area contributed by atoms with Crippen molar-refractivity contribution in [2.24, 2.45) is 0 Å². The van der Waals surface area contributed by atoms with Gasteiger partial charge in [0.25, 0.3) is 0 Å². The van der Waals surface area contributed by atoms with Crippen LogP contribution < -0.4 is 0 Å². The van der Waals surface area contributed by atoms with E-state index >= 15 is 0 Å². The molecule has 2 aromatic carbocycles. The summed E-state index contributed by atoms with van der Waals surface area (Å²) >= 11 is 1.74. The van der Waals surface area contributed by atoms with Gasteiger partial charge in [0.1, 0.15) is 5.82 Å². The van der Waals surface area contributed by atoms with Crippen LogP contribution in [0.5, 0.6) is 0 Å². The second kappa shape index (κ2) is 7.18. The number of aryl methyl sites for hydroxylation is 1. The van der Waals surface area contributed by atoms with E-state index in [9.17, 15) is 0 Å². The van der Waals surface area contributed by atoms with Crippen molar-refractivity contribution in [1.29, 1.82) is 0 Å². The summed E-state index contributed by atoms with van der Waals surface area (Å²) in [5.41, 5.74) is 6.47. The number of rotatable bonds is 4. The summed E-state index contributed by atoms with van der Waals surface area (Å²) in [7, 11) is 0. The second-order valence-corrected chi connectivity index (χ2v) is 7.02. The summed E-state index contributed by atoms with van der Waals surface area (Å²) in [6.45, 7) is 2.10. The highest BCUT2D eigenvalue weighted by Crippen LogP contribution is 2.33. The monoisotopic (exact) mass is 357 g/mol. The van der Waals surface area contributed by atoms with Gasteiger partial charge in [-0.15, -0.1) is 11.8 Å². The molecule has 4 rings (SSSR count). The SMILES string of the molecule is CSc1ccc(-c2nc(-c3cccc(C)c3)c(-c3ccncc3)[nH]2)cc1. The molecule has 0 bridgehead atoms. The van der Waals surface area contributed by atoms with E-state index in [1.165, 1.54) is 10.5 Å². The Hall–Kier alpha value is -2.85. The minimum absolute atomic E-state index is 0.876. The van der Waals surface area contributed by atoms with E-state index in [-0.39, 0.29) is 0 Å². The first kappa shape index (κ1) is 16.6. The maximum atomic E-state index is 4.94. The number of thioether (sulfide) groups is 1. The molecular formula is C22H19N3S. The Morgan fingerprint density at radius 3 is 2.31 bits per heavy atom. The van der Waals surface area contributed by atoms with Crippen molar-refractivity contribution in [3.8, 4) is 33.9 Å². The number of aromatic amines is 1. The topological polar surface area (TPSA) is 41.6 Å². The molecule has 26 heavy (non-hydrogen) atoms. The van der Waals surface area contributed by atoms with E-state index in [0.717, 1.165) is 33.9 Å². The molecule has 0 unspecified atom stereocenters. The van der Waals surface area contributed by atoms with Crippen molar-refractivity contribution in [3.63, 3.8) is 0 Å². The molecule has 0 amide bonds. The van der Waals surface area contributed by atoms with Gasteiger partial charge in [0.15, 0.2) is 0 Å². The number of hydrogen-bond acceptors (Lipinski definition) is 3. The fraction of sp³-hybridized carbons (Fsp3) is 0.0909. The number of nitrogens with zero attached hydrogens (tertiary/aromatic N) is 2. The number of nitrogens with one attached hydrogen (secondary N) is 1. The molecule has 4 heteroatoms. The lowest BCUT2D eigenvalue weighted by atomic mass is 10.0. The second-order valence-electron chi connectivity index (χ2n) is 6.14. The molecule has 0 aliphatic heterocycles. The third-order valence-corrected chi connectivity index (χ3v) is 5.07. The Morgan fingerprint density at radius 1 is 0.846 bits per heavy atom. The number of imidazole rings is 1. The average Bonchev–Trinajstić information content (AvgIpc) is 3.14. The maximum absolute atomic E-state index is 4.94. The van der Waals surface area contributed by atoms with Gasteiger partial charge in [0.2, 0.25) is 0 Å². The number of pyridine rings is 1. The lowest BCUT2D eigenvalue weighted by molar-refractivity contribution is 1.29. The van der Waals surface area contributed by atoms with Crippen LogP contribution in [0, 0.1) is 6.92 Å². The standard InChI is InChI=1S/C22H19N3S/c1-15-4-3-5-18(14-15)21-20(16-10-12-23-13-11-16)24-22(25-21)17-6-8-19(26-2)9-7-17/h3-14H,1-2H3,(H,24,25). The van der Waals surface area contributed by atoms with Gasteiger partial charge >= 0.3 is 0 Å². The average molecular weight is 357 g/mol. The Kier molecular flexibility index (Phi) is 4.59. The Balaban J connectivity index is 1.87. The molecule has 0 saturated carbocycles. The van der Waals surface area contributed by atoms with Crippen LogP contribution in [0.15, 0.2) is 78.0 Å². The molecule has 1 N–H and O–H groups in total.